The van der Waals surface area contributed by atoms with E-state index >= 15 is 0 Å². The zero-order chi connectivity index (χ0) is 14.7. The van der Waals surface area contributed by atoms with Crippen LogP contribution in [0.3, 0.4) is 0 Å². The fourth-order valence-electron chi connectivity index (χ4n) is 3.90. The summed E-state index contributed by atoms with van der Waals surface area (Å²) in [6.07, 6.45) is 8.56. The van der Waals surface area contributed by atoms with Gasteiger partial charge in [-0.1, -0.05) is 6.42 Å². The first-order chi connectivity index (χ1) is 10.2. The Morgan fingerprint density at radius 3 is 2.62 bits per heavy atom. The van der Waals surface area contributed by atoms with Crippen molar-refractivity contribution >= 4 is 0 Å². The van der Waals surface area contributed by atoms with Crippen LogP contribution in [0.15, 0.2) is 0 Å². The van der Waals surface area contributed by atoms with Crippen LogP contribution in [0.1, 0.15) is 44.9 Å². The normalized spacial score (nSPS) is 32.4. The van der Waals surface area contributed by atoms with E-state index in [0.717, 1.165) is 32.0 Å². The van der Waals surface area contributed by atoms with E-state index in [1.807, 2.05) is 0 Å². The van der Waals surface area contributed by atoms with E-state index in [2.05, 4.69) is 16.3 Å². The van der Waals surface area contributed by atoms with Crippen molar-refractivity contribution < 1.29 is 5.11 Å². The number of nitrogens with zero attached hydrogens (tertiary/aromatic N) is 2. The van der Waals surface area contributed by atoms with Crippen molar-refractivity contribution in [1.29, 1.82) is 5.26 Å². The van der Waals surface area contributed by atoms with Crippen LogP contribution in [0.4, 0.5) is 0 Å². The number of piperidine rings is 1. The smallest absolute Gasteiger partial charge is 0.0866 e. The van der Waals surface area contributed by atoms with Gasteiger partial charge in [-0.2, -0.15) is 5.26 Å². The fraction of sp³-hybridized carbons (Fsp3) is 0.941. The number of hydrogen-bond donors (Lipinski definition) is 2. The van der Waals surface area contributed by atoms with Crippen LogP contribution in [0.2, 0.25) is 0 Å². The summed E-state index contributed by atoms with van der Waals surface area (Å²) >= 11 is 0. The van der Waals surface area contributed by atoms with Crippen molar-refractivity contribution in [2.75, 3.05) is 26.2 Å². The molecule has 3 atom stereocenters. The van der Waals surface area contributed by atoms with E-state index in [1.54, 1.807) is 0 Å². The lowest BCUT2D eigenvalue weighted by Gasteiger charge is -2.39. The lowest BCUT2D eigenvalue weighted by atomic mass is 9.84. The molecule has 3 unspecified atom stereocenters. The minimum absolute atomic E-state index is 0.107. The van der Waals surface area contributed by atoms with Crippen LogP contribution in [0.25, 0.3) is 0 Å². The van der Waals surface area contributed by atoms with Gasteiger partial charge in [0, 0.05) is 19.1 Å². The van der Waals surface area contributed by atoms with Gasteiger partial charge in [0.2, 0.25) is 0 Å². The molecule has 1 heterocycles. The molecule has 2 aliphatic carbocycles. The molecule has 3 aliphatic rings. The molecule has 0 radical (unpaired) electrons. The number of likely N-dealkylation sites (tertiary alicyclic amines) is 1. The highest BCUT2D eigenvalue weighted by Crippen LogP contribution is 2.36. The second-order valence-electron chi connectivity index (χ2n) is 7.50. The third-order valence-electron chi connectivity index (χ3n) is 5.57. The molecule has 0 bridgehead atoms. The van der Waals surface area contributed by atoms with E-state index in [9.17, 15) is 5.11 Å². The van der Waals surface area contributed by atoms with Gasteiger partial charge >= 0.3 is 0 Å². The maximum atomic E-state index is 10.2. The minimum atomic E-state index is -0.107. The van der Waals surface area contributed by atoms with Crippen molar-refractivity contribution in [2.24, 2.45) is 17.8 Å². The quantitative estimate of drug-likeness (QED) is 0.702. The van der Waals surface area contributed by atoms with Crippen molar-refractivity contribution in [3.05, 3.63) is 0 Å². The van der Waals surface area contributed by atoms with Crippen molar-refractivity contribution in [3.63, 3.8) is 0 Å². The predicted octanol–water partition coefficient (Wildman–Crippen LogP) is 1.75. The van der Waals surface area contributed by atoms with E-state index in [1.165, 1.54) is 38.5 Å². The first-order valence-electron chi connectivity index (χ1n) is 8.75. The fourth-order valence-corrected chi connectivity index (χ4v) is 3.90. The summed E-state index contributed by atoms with van der Waals surface area (Å²) in [5, 5.41) is 22.9. The van der Waals surface area contributed by atoms with Gasteiger partial charge in [0.25, 0.3) is 0 Å². The van der Waals surface area contributed by atoms with Crippen molar-refractivity contribution in [1.82, 2.24) is 10.2 Å². The monoisotopic (exact) mass is 291 g/mol. The number of aliphatic hydroxyl groups is 1. The Labute approximate surface area is 128 Å². The Balaban J connectivity index is 1.48. The summed E-state index contributed by atoms with van der Waals surface area (Å²) in [6.45, 7) is 3.65. The number of rotatable bonds is 7. The second-order valence-corrected chi connectivity index (χ2v) is 7.50. The summed E-state index contributed by atoms with van der Waals surface area (Å²) in [5.41, 5.74) is 0. The van der Waals surface area contributed by atoms with Gasteiger partial charge < -0.3 is 10.4 Å². The number of nitriles is 1. The van der Waals surface area contributed by atoms with Gasteiger partial charge in [0.1, 0.15) is 0 Å². The summed E-state index contributed by atoms with van der Waals surface area (Å²) in [5.74, 6) is 1.99. The Morgan fingerprint density at radius 1 is 1.19 bits per heavy atom. The summed E-state index contributed by atoms with van der Waals surface area (Å²) in [6, 6.07) is 2.79. The maximum absolute atomic E-state index is 10.2. The third kappa shape index (κ3) is 4.42. The highest BCUT2D eigenvalue weighted by atomic mass is 16.3. The topological polar surface area (TPSA) is 59.3 Å². The zero-order valence-corrected chi connectivity index (χ0v) is 13.0. The molecule has 2 saturated carbocycles. The van der Waals surface area contributed by atoms with Gasteiger partial charge in [0.05, 0.1) is 18.7 Å². The molecule has 3 rings (SSSR count). The highest BCUT2D eigenvalue weighted by Gasteiger charge is 2.34. The van der Waals surface area contributed by atoms with Crippen LogP contribution < -0.4 is 5.32 Å². The largest absolute Gasteiger partial charge is 0.393 e. The summed E-state index contributed by atoms with van der Waals surface area (Å²) in [7, 11) is 0. The average Bonchev–Trinajstić information content (AvgIpc) is 3.21. The molecule has 3 fully saturated rings. The summed E-state index contributed by atoms with van der Waals surface area (Å²) < 4.78 is 0. The number of aliphatic hydroxyl groups excluding tert-OH is 1. The molecule has 0 aromatic carbocycles. The molecular formula is C17H29N3O. The Morgan fingerprint density at radius 2 is 2.00 bits per heavy atom. The van der Waals surface area contributed by atoms with Crippen LogP contribution >= 0.6 is 0 Å². The summed E-state index contributed by atoms with van der Waals surface area (Å²) in [4.78, 5) is 2.27. The van der Waals surface area contributed by atoms with E-state index < -0.39 is 0 Å². The Hall–Kier alpha value is -0.630. The van der Waals surface area contributed by atoms with Crippen LogP contribution in [0, 0.1) is 29.1 Å². The molecule has 0 aromatic rings. The number of nitrogens with one attached hydrogen (secondary N) is 1. The Kier molecular flexibility index (Phi) is 5.15. The van der Waals surface area contributed by atoms with Crippen molar-refractivity contribution in [3.8, 4) is 6.07 Å². The van der Waals surface area contributed by atoms with Gasteiger partial charge in [0.15, 0.2) is 0 Å². The molecule has 0 aromatic heterocycles. The molecule has 2 N–H and O–H groups in total. The second kappa shape index (κ2) is 7.09. The molecule has 1 saturated heterocycles. The van der Waals surface area contributed by atoms with Crippen LogP contribution in [-0.2, 0) is 0 Å². The minimum Gasteiger partial charge on any atom is -0.393 e. The van der Waals surface area contributed by atoms with E-state index in [-0.39, 0.29) is 6.10 Å². The molecule has 4 heteroatoms. The molecular weight excluding hydrogens is 262 g/mol. The predicted molar refractivity (Wildman–Crippen MR) is 82.6 cm³/mol. The van der Waals surface area contributed by atoms with Crippen LogP contribution in [-0.4, -0.2) is 48.3 Å². The molecule has 4 nitrogen and oxygen atoms in total. The molecule has 118 valence electrons. The SMILES string of the molecule is N#CCN1CC(CC(O)C2CC2)CC(NCC2CCC2)C1. The number of hydrogen-bond acceptors (Lipinski definition) is 4. The van der Waals surface area contributed by atoms with Gasteiger partial charge in [-0.05, 0) is 62.8 Å². The lowest BCUT2D eigenvalue weighted by molar-refractivity contribution is 0.0780. The molecule has 1 aliphatic heterocycles. The van der Waals surface area contributed by atoms with Gasteiger partial charge in [-0.15, -0.1) is 0 Å². The lowest BCUT2D eigenvalue weighted by Crippen LogP contribution is -2.51. The molecule has 0 amide bonds. The molecule has 0 spiro atoms. The third-order valence-corrected chi connectivity index (χ3v) is 5.57. The van der Waals surface area contributed by atoms with Crippen molar-refractivity contribution in [2.45, 2.75) is 57.1 Å². The zero-order valence-electron chi connectivity index (χ0n) is 13.0. The maximum Gasteiger partial charge on any atom is 0.0866 e. The van der Waals surface area contributed by atoms with E-state index in [4.69, 9.17) is 5.26 Å². The molecule has 21 heavy (non-hydrogen) atoms. The first kappa shape index (κ1) is 15.3. The highest BCUT2D eigenvalue weighted by molar-refractivity contribution is 4.91. The Bertz CT molecular complexity index is 373. The standard InChI is InChI=1S/C17H29N3O/c18-6-7-20-11-14(9-17(21)15-4-5-15)8-16(12-20)19-10-13-2-1-3-13/h13-17,19,21H,1-5,7-12H2. The van der Waals surface area contributed by atoms with Gasteiger partial charge in [-0.3, -0.25) is 4.90 Å². The van der Waals surface area contributed by atoms with Gasteiger partial charge in [-0.25, -0.2) is 0 Å². The average molecular weight is 291 g/mol. The van der Waals surface area contributed by atoms with E-state index in [0.29, 0.717) is 24.4 Å². The first-order valence-corrected chi connectivity index (χ1v) is 8.75. The van der Waals surface area contributed by atoms with Crippen LogP contribution in [0.5, 0.6) is 0 Å².